The summed E-state index contributed by atoms with van der Waals surface area (Å²) in [6.07, 6.45) is 1.04. The molecule has 0 fully saturated rings. The number of pyridine rings is 1. The lowest BCUT2D eigenvalue weighted by molar-refractivity contribution is -0.137. The fourth-order valence-corrected chi connectivity index (χ4v) is 2.28. The molecule has 0 bridgehead atoms. The highest BCUT2D eigenvalue weighted by Gasteiger charge is 2.30. The third-order valence-corrected chi connectivity index (χ3v) is 3.51. The maximum Gasteiger partial charge on any atom is 0.416 e. The van der Waals surface area contributed by atoms with Gasteiger partial charge in [-0.15, -0.1) is 0 Å². The summed E-state index contributed by atoms with van der Waals surface area (Å²) in [4.78, 5) is 4.19. The Morgan fingerprint density at radius 2 is 1.79 bits per heavy atom. The van der Waals surface area contributed by atoms with Crippen LogP contribution in [-0.4, -0.2) is 16.2 Å². The van der Waals surface area contributed by atoms with Gasteiger partial charge in [-0.25, -0.2) is 0 Å². The average molecular weight is 332 g/mol. The van der Waals surface area contributed by atoms with Crippen molar-refractivity contribution in [1.82, 2.24) is 9.55 Å². The summed E-state index contributed by atoms with van der Waals surface area (Å²) in [7, 11) is 0. The zero-order chi connectivity index (χ0) is 17.0. The van der Waals surface area contributed by atoms with Gasteiger partial charge in [0.2, 0.25) is 0 Å². The molecule has 0 radical (unpaired) electrons. The number of hydrogen-bond acceptors (Lipinski definition) is 2. The summed E-state index contributed by atoms with van der Waals surface area (Å²) in [5, 5.41) is 0. The molecule has 0 aliphatic rings. The van der Waals surface area contributed by atoms with Gasteiger partial charge >= 0.3 is 6.18 Å². The van der Waals surface area contributed by atoms with Crippen LogP contribution in [0.25, 0.3) is 11.3 Å². The standard InChI is InChI=1S/C18H15F3N2O/c19-18(20,21)15-5-3-4-14(12-15)17-7-6-16(13-22-17)24-11-10-23-8-1-2-9-23/h1-9,12-13H,10-11H2. The van der Waals surface area contributed by atoms with E-state index in [4.69, 9.17) is 4.74 Å². The number of hydrogen-bond donors (Lipinski definition) is 0. The summed E-state index contributed by atoms with van der Waals surface area (Å²) in [5.41, 5.74) is 0.205. The van der Waals surface area contributed by atoms with Crippen molar-refractivity contribution in [3.8, 4) is 17.0 Å². The van der Waals surface area contributed by atoms with Crippen molar-refractivity contribution in [2.45, 2.75) is 12.7 Å². The zero-order valence-corrected chi connectivity index (χ0v) is 12.7. The predicted octanol–water partition coefficient (Wildman–Crippen LogP) is 4.65. The molecule has 0 unspecified atom stereocenters. The predicted molar refractivity (Wildman–Crippen MR) is 84.6 cm³/mol. The van der Waals surface area contributed by atoms with Gasteiger partial charge in [0.05, 0.1) is 24.0 Å². The first-order valence-electron chi connectivity index (χ1n) is 7.39. The van der Waals surface area contributed by atoms with E-state index in [1.807, 2.05) is 29.1 Å². The topological polar surface area (TPSA) is 27.1 Å². The van der Waals surface area contributed by atoms with Crippen molar-refractivity contribution in [3.05, 3.63) is 72.7 Å². The van der Waals surface area contributed by atoms with Gasteiger partial charge in [-0.2, -0.15) is 13.2 Å². The highest BCUT2D eigenvalue weighted by molar-refractivity contribution is 5.60. The van der Waals surface area contributed by atoms with E-state index in [-0.39, 0.29) is 0 Å². The number of halogens is 3. The van der Waals surface area contributed by atoms with Gasteiger partial charge < -0.3 is 9.30 Å². The molecule has 2 aromatic heterocycles. The average Bonchev–Trinajstić information content (AvgIpc) is 3.08. The largest absolute Gasteiger partial charge is 0.490 e. The van der Waals surface area contributed by atoms with Gasteiger partial charge in [0.25, 0.3) is 0 Å². The lowest BCUT2D eigenvalue weighted by Crippen LogP contribution is -2.06. The number of aromatic nitrogens is 2. The smallest absolute Gasteiger partial charge is 0.416 e. The maximum atomic E-state index is 12.8. The Morgan fingerprint density at radius 3 is 2.46 bits per heavy atom. The first-order valence-corrected chi connectivity index (χ1v) is 7.39. The molecule has 0 amide bonds. The van der Waals surface area contributed by atoms with E-state index in [9.17, 15) is 13.2 Å². The summed E-state index contributed by atoms with van der Waals surface area (Å²) in [6.45, 7) is 1.20. The molecule has 3 nitrogen and oxygen atoms in total. The van der Waals surface area contributed by atoms with Crippen LogP contribution in [0.15, 0.2) is 67.1 Å². The number of nitrogens with zero attached hydrogens (tertiary/aromatic N) is 2. The number of benzene rings is 1. The Bertz CT molecular complexity index is 781. The molecule has 0 atom stereocenters. The molecule has 124 valence electrons. The van der Waals surface area contributed by atoms with Crippen LogP contribution in [0, 0.1) is 0 Å². The SMILES string of the molecule is FC(F)(F)c1cccc(-c2ccc(OCCn3cccc3)cn2)c1. The van der Waals surface area contributed by atoms with E-state index >= 15 is 0 Å². The van der Waals surface area contributed by atoms with Crippen molar-refractivity contribution in [2.75, 3.05) is 6.61 Å². The summed E-state index contributed by atoms with van der Waals surface area (Å²) in [5.74, 6) is 0.581. The van der Waals surface area contributed by atoms with Crippen molar-refractivity contribution in [2.24, 2.45) is 0 Å². The molecule has 2 heterocycles. The van der Waals surface area contributed by atoms with Crippen LogP contribution in [0.5, 0.6) is 5.75 Å². The summed E-state index contributed by atoms with van der Waals surface area (Å²) < 4.78 is 45.9. The van der Waals surface area contributed by atoms with Crippen LogP contribution in [0.1, 0.15) is 5.56 Å². The molecule has 0 saturated heterocycles. The Labute approximate surface area is 137 Å². The van der Waals surface area contributed by atoms with Crippen molar-refractivity contribution >= 4 is 0 Å². The minimum atomic E-state index is -4.36. The molecule has 24 heavy (non-hydrogen) atoms. The first kappa shape index (κ1) is 16.1. The number of ether oxygens (including phenoxy) is 1. The van der Waals surface area contributed by atoms with Crippen molar-refractivity contribution in [1.29, 1.82) is 0 Å². The van der Waals surface area contributed by atoms with E-state index in [1.165, 1.54) is 12.3 Å². The minimum Gasteiger partial charge on any atom is -0.490 e. The van der Waals surface area contributed by atoms with E-state index < -0.39 is 11.7 Å². The molecular formula is C18H15F3N2O. The van der Waals surface area contributed by atoms with E-state index in [0.717, 1.165) is 12.1 Å². The maximum absolute atomic E-state index is 12.8. The van der Waals surface area contributed by atoms with Gasteiger partial charge in [-0.1, -0.05) is 12.1 Å². The summed E-state index contributed by atoms with van der Waals surface area (Å²) >= 11 is 0. The number of rotatable bonds is 5. The first-order chi connectivity index (χ1) is 11.5. The van der Waals surface area contributed by atoms with Crippen LogP contribution in [-0.2, 0) is 12.7 Å². The molecule has 6 heteroatoms. The zero-order valence-electron chi connectivity index (χ0n) is 12.7. The molecule has 3 rings (SSSR count). The van der Waals surface area contributed by atoms with Gasteiger partial charge in [0.15, 0.2) is 0 Å². The molecule has 0 N–H and O–H groups in total. The Balaban J connectivity index is 1.66. The lowest BCUT2D eigenvalue weighted by atomic mass is 10.1. The third kappa shape index (κ3) is 3.95. The molecule has 0 spiro atoms. The molecule has 0 aliphatic carbocycles. The fraction of sp³-hybridized carbons (Fsp3) is 0.167. The minimum absolute atomic E-state index is 0.420. The Kier molecular flexibility index (Phi) is 4.55. The van der Waals surface area contributed by atoms with Crippen LogP contribution < -0.4 is 4.74 Å². The quantitative estimate of drug-likeness (QED) is 0.680. The lowest BCUT2D eigenvalue weighted by Gasteiger charge is -2.09. The van der Waals surface area contributed by atoms with Gasteiger partial charge in [-0.05, 0) is 36.4 Å². The van der Waals surface area contributed by atoms with Gasteiger partial charge in [0.1, 0.15) is 12.4 Å². The van der Waals surface area contributed by atoms with Gasteiger partial charge in [0, 0.05) is 18.0 Å². The summed E-state index contributed by atoms with van der Waals surface area (Å²) in [6, 6.07) is 12.3. The highest BCUT2D eigenvalue weighted by atomic mass is 19.4. The molecule has 0 aliphatic heterocycles. The molecule has 3 aromatic rings. The van der Waals surface area contributed by atoms with E-state index in [1.54, 1.807) is 18.2 Å². The Hall–Kier alpha value is -2.76. The van der Waals surface area contributed by atoms with Crippen molar-refractivity contribution < 1.29 is 17.9 Å². The van der Waals surface area contributed by atoms with Crippen LogP contribution in [0.3, 0.4) is 0 Å². The second-order valence-electron chi connectivity index (χ2n) is 5.23. The highest BCUT2D eigenvalue weighted by Crippen LogP contribution is 2.31. The molecule has 1 aromatic carbocycles. The van der Waals surface area contributed by atoms with Crippen LogP contribution in [0.4, 0.5) is 13.2 Å². The monoisotopic (exact) mass is 332 g/mol. The van der Waals surface area contributed by atoms with E-state index in [0.29, 0.717) is 30.2 Å². The van der Waals surface area contributed by atoms with Crippen LogP contribution in [0.2, 0.25) is 0 Å². The van der Waals surface area contributed by atoms with E-state index in [2.05, 4.69) is 4.98 Å². The molecular weight excluding hydrogens is 317 g/mol. The third-order valence-electron chi connectivity index (χ3n) is 3.51. The molecule has 0 saturated carbocycles. The second-order valence-corrected chi connectivity index (χ2v) is 5.23. The Morgan fingerprint density at radius 1 is 1.00 bits per heavy atom. The fourth-order valence-electron chi connectivity index (χ4n) is 2.28. The van der Waals surface area contributed by atoms with Crippen molar-refractivity contribution in [3.63, 3.8) is 0 Å². The second kappa shape index (κ2) is 6.78. The number of alkyl halides is 3. The normalized spacial score (nSPS) is 11.5. The van der Waals surface area contributed by atoms with Gasteiger partial charge in [-0.3, -0.25) is 4.98 Å². The van der Waals surface area contributed by atoms with Crippen LogP contribution >= 0.6 is 0 Å².